The van der Waals surface area contributed by atoms with E-state index in [0.717, 1.165) is 58.0 Å². The Hall–Kier alpha value is -2.36. The average Bonchev–Trinajstić information content (AvgIpc) is 3.40. The van der Waals surface area contributed by atoms with Crippen molar-refractivity contribution in [2.45, 2.75) is 56.7 Å². The van der Waals surface area contributed by atoms with Gasteiger partial charge < -0.3 is 19.6 Å². The second-order valence-corrected chi connectivity index (χ2v) is 11.1. The fraction of sp³-hybridized carbons (Fsp3) is 0.600. The lowest BCUT2D eigenvalue weighted by Gasteiger charge is -2.52. The summed E-state index contributed by atoms with van der Waals surface area (Å²) in [5.74, 6) is -0.0135. The first-order chi connectivity index (χ1) is 16.5. The number of aromatic nitrogens is 2. The molecule has 3 saturated heterocycles. The van der Waals surface area contributed by atoms with E-state index in [-0.39, 0.29) is 23.8 Å². The minimum Gasteiger partial charge on any atom is -0.454 e. The molecule has 34 heavy (non-hydrogen) atoms. The molecule has 6 rings (SSSR count). The van der Waals surface area contributed by atoms with Crippen LogP contribution in [-0.4, -0.2) is 63.7 Å². The van der Waals surface area contributed by atoms with E-state index in [1.165, 1.54) is 17.5 Å². The second-order valence-electron chi connectivity index (χ2n) is 10.1. The quantitative estimate of drug-likeness (QED) is 0.462. The normalized spacial score (nSPS) is 28.7. The number of anilines is 1. The fourth-order valence-corrected chi connectivity index (χ4v) is 7.03. The maximum Gasteiger partial charge on any atom is 0.344 e. The average molecular weight is 486 g/mol. The fourth-order valence-electron chi connectivity index (χ4n) is 6.14. The van der Waals surface area contributed by atoms with E-state index in [1.807, 2.05) is 17.5 Å². The number of carbonyl (C=O) groups excluding carboxylic acids is 2. The Balaban J connectivity index is 1.29. The number of thiophene rings is 1. The number of hydrogen-bond donors (Lipinski definition) is 2. The van der Waals surface area contributed by atoms with Gasteiger partial charge in [0, 0.05) is 41.9 Å². The number of rotatable bonds is 7. The van der Waals surface area contributed by atoms with E-state index in [4.69, 9.17) is 4.74 Å². The maximum absolute atomic E-state index is 13.6. The Morgan fingerprint density at radius 3 is 2.65 bits per heavy atom. The van der Waals surface area contributed by atoms with Crippen molar-refractivity contribution in [2.75, 3.05) is 31.5 Å². The molecule has 0 spiro atoms. The third-order valence-electron chi connectivity index (χ3n) is 8.01. The molecule has 0 aromatic carbocycles. The van der Waals surface area contributed by atoms with Gasteiger partial charge in [0.1, 0.15) is 6.54 Å². The molecule has 5 heterocycles. The highest BCUT2D eigenvalue weighted by molar-refractivity contribution is 7.10. The van der Waals surface area contributed by atoms with Gasteiger partial charge in [0.25, 0.3) is 5.91 Å². The number of quaternary nitrogens is 1. The molecule has 9 heteroatoms. The van der Waals surface area contributed by atoms with E-state index in [1.54, 1.807) is 12.4 Å². The number of aliphatic hydroxyl groups is 1. The Morgan fingerprint density at radius 1 is 1.18 bits per heavy atom. The zero-order chi connectivity index (χ0) is 23.6. The van der Waals surface area contributed by atoms with Crippen molar-refractivity contribution < 1.29 is 23.9 Å². The molecule has 3 aliphatic heterocycles. The molecule has 2 aromatic heterocycles. The SMILES string of the molecule is O=C(C[N+]12CCC(CC1)C(OC(=O)[C@@](O)(c1cccs1)C1CCCCC1)C2)Nc1cnccn1. The Bertz CT molecular complexity index is 988. The third-order valence-corrected chi connectivity index (χ3v) is 9.01. The van der Waals surface area contributed by atoms with E-state index >= 15 is 0 Å². The summed E-state index contributed by atoms with van der Waals surface area (Å²) in [7, 11) is 0. The molecule has 0 radical (unpaired) electrons. The topological polar surface area (TPSA) is 101 Å². The van der Waals surface area contributed by atoms with Gasteiger partial charge in [-0.05, 0) is 24.3 Å². The molecule has 1 saturated carbocycles. The minimum absolute atomic E-state index is 0.108. The standard InChI is InChI=1S/C25H32N4O4S/c30-23(28-22-15-26-10-11-27-22)17-29-12-8-18(9-13-29)20(16-29)33-24(31)25(32,21-7-4-14-34-21)19-5-2-1-3-6-19/h4,7,10-11,14-15,18-20,32H,1-3,5-6,8-9,12-13,16-17H2/p+1/t18?,20?,25-,29?/m0/s1. The molecule has 1 amide bonds. The first-order valence-corrected chi connectivity index (χ1v) is 13.2. The number of amides is 1. The number of ether oxygens (including phenoxy) is 1. The van der Waals surface area contributed by atoms with Crippen molar-refractivity contribution in [3.63, 3.8) is 0 Å². The summed E-state index contributed by atoms with van der Waals surface area (Å²) in [6.45, 7) is 2.71. The van der Waals surface area contributed by atoms with Crippen LogP contribution in [0.2, 0.25) is 0 Å². The van der Waals surface area contributed by atoms with Gasteiger partial charge in [-0.1, -0.05) is 25.3 Å². The number of hydrogen-bond acceptors (Lipinski definition) is 7. The van der Waals surface area contributed by atoms with Crippen molar-refractivity contribution in [2.24, 2.45) is 11.8 Å². The molecule has 2 aromatic rings. The van der Waals surface area contributed by atoms with Gasteiger partial charge in [0.15, 0.2) is 24.1 Å². The van der Waals surface area contributed by atoms with Crippen LogP contribution in [0.5, 0.6) is 0 Å². The Labute approximate surface area is 204 Å². The van der Waals surface area contributed by atoms with Crippen molar-refractivity contribution in [1.29, 1.82) is 0 Å². The lowest BCUT2D eigenvalue weighted by Crippen LogP contribution is -2.66. The van der Waals surface area contributed by atoms with Gasteiger partial charge in [-0.3, -0.25) is 9.78 Å². The van der Waals surface area contributed by atoms with Crippen LogP contribution >= 0.6 is 11.3 Å². The summed E-state index contributed by atoms with van der Waals surface area (Å²) in [5, 5.41) is 16.5. The molecule has 2 bridgehead atoms. The summed E-state index contributed by atoms with van der Waals surface area (Å²) in [6.07, 6.45) is 11.1. The largest absolute Gasteiger partial charge is 0.454 e. The molecule has 1 aliphatic carbocycles. The molecular formula is C25H33N4O4S+. The van der Waals surface area contributed by atoms with Gasteiger partial charge >= 0.3 is 5.97 Å². The first kappa shape index (κ1) is 23.4. The van der Waals surface area contributed by atoms with Crippen molar-refractivity contribution >= 4 is 29.0 Å². The highest BCUT2D eigenvalue weighted by Gasteiger charge is 2.53. The summed E-state index contributed by atoms with van der Waals surface area (Å²) >= 11 is 1.42. The minimum atomic E-state index is -1.59. The highest BCUT2D eigenvalue weighted by Crippen LogP contribution is 2.43. The van der Waals surface area contributed by atoms with Crippen LogP contribution < -0.4 is 5.32 Å². The van der Waals surface area contributed by atoms with Crippen LogP contribution in [-0.2, 0) is 19.9 Å². The number of nitrogens with one attached hydrogen (secondary N) is 1. The van der Waals surface area contributed by atoms with Gasteiger partial charge in [-0.2, -0.15) is 0 Å². The second kappa shape index (κ2) is 9.71. The maximum atomic E-state index is 13.6. The van der Waals surface area contributed by atoms with Gasteiger partial charge in [-0.15, -0.1) is 11.3 Å². The monoisotopic (exact) mass is 485 g/mol. The van der Waals surface area contributed by atoms with E-state index < -0.39 is 11.6 Å². The van der Waals surface area contributed by atoms with Gasteiger partial charge in [0.2, 0.25) is 0 Å². The molecule has 1 unspecified atom stereocenters. The lowest BCUT2D eigenvalue weighted by molar-refractivity contribution is -0.939. The van der Waals surface area contributed by atoms with Crippen molar-refractivity contribution in [1.82, 2.24) is 9.97 Å². The van der Waals surface area contributed by atoms with Crippen molar-refractivity contribution in [3.05, 3.63) is 41.0 Å². The predicted octanol–water partition coefficient (Wildman–Crippen LogP) is 3.10. The number of nitrogens with zero attached hydrogens (tertiary/aromatic N) is 3. The van der Waals surface area contributed by atoms with Crippen molar-refractivity contribution in [3.8, 4) is 0 Å². The molecule has 182 valence electrons. The van der Waals surface area contributed by atoms with E-state index in [2.05, 4.69) is 15.3 Å². The zero-order valence-corrected chi connectivity index (χ0v) is 20.2. The van der Waals surface area contributed by atoms with Crippen LogP contribution in [0, 0.1) is 11.8 Å². The smallest absolute Gasteiger partial charge is 0.344 e. The van der Waals surface area contributed by atoms with Gasteiger partial charge in [-0.25, -0.2) is 9.78 Å². The predicted molar refractivity (Wildman–Crippen MR) is 128 cm³/mol. The van der Waals surface area contributed by atoms with E-state index in [9.17, 15) is 14.7 Å². The summed E-state index contributed by atoms with van der Waals surface area (Å²) < 4.78 is 6.74. The van der Waals surface area contributed by atoms with Crippen LogP contribution in [0.15, 0.2) is 36.1 Å². The summed E-state index contributed by atoms with van der Waals surface area (Å²) in [6, 6.07) is 3.73. The molecule has 2 N–H and O–H groups in total. The zero-order valence-electron chi connectivity index (χ0n) is 19.4. The molecule has 8 nitrogen and oxygen atoms in total. The molecular weight excluding hydrogens is 452 g/mol. The number of piperidine rings is 3. The molecule has 2 atom stereocenters. The Kier molecular flexibility index (Phi) is 6.68. The van der Waals surface area contributed by atoms with Crippen LogP contribution in [0.1, 0.15) is 49.8 Å². The summed E-state index contributed by atoms with van der Waals surface area (Å²) in [4.78, 5) is 35.2. The molecule has 4 aliphatic rings. The Morgan fingerprint density at radius 2 is 1.97 bits per heavy atom. The summed E-state index contributed by atoms with van der Waals surface area (Å²) in [5.41, 5.74) is -1.59. The van der Waals surface area contributed by atoms with Crippen LogP contribution in [0.3, 0.4) is 0 Å². The number of esters is 1. The lowest BCUT2D eigenvalue weighted by atomic mass is 9.75. The molecule has 4 fully saturated rings. The van der Waals surface area contributed by atoms with Gasteiger partial charge in [0.05, 0.1) is 19.3 Å². The first-order valence-electron chi connectivity index (χ1n) is 12.4. The van der Waals surface area contributed by atoms with Crippen LogP contribution in [0.4, 0.5) is 5.82 Å². The van der Waals surface area contributed by atoms with Crippen LogP contribution in [0.25, 0.3) is 0 Å². The highest BCUT2D eigenvalue weighted by atomic mass is 32.1. The van der Waals surface area contributed by atoms with E-state index in [0.29, 0.717) is 28.3 Å². The number of fused-ring (bicyclic) bond motifs is 3. The third kappa shape index (κ3) is 4.61. The number of carbonyl (C=O) groups is 2.